The molecule has 0 radical (unpaired) electrons. The van der Waals surface area contributed by atoms with E-state index in [1.165, 1.54) is 44.9 Å². The fourth-order valence-electron chi connectivity index (χ4n) is 4.83. The summed E-state index contributed by atoms with van der Waals surface area (Å²) in [5, 5.41) is 42.0. The molecule has 1 unspecified atom stereocenters. The molecule has 2 amide bonds. The maximum atomic E-state index is 12.2. The minimum Gasteiger partial charge on any atom is -0.492 e. The first-order valence-electron chi connectivity index (χ1n) is 17.1. The number of aromatic nitrogens is 1. The lowest BCUT2D eigenvalue weighted by Gasteiger charge is -2.14. The summed E-state index contributed by atoms with van der Waals surface area (Å²) in [4.78, 5) is 62.8. The van der Waals surface area contributed by atoms with Gasteiger partial charge in [-0.1, -0.05) is 77.0 Å². The number of hydrogen-bond donors (Lipinski definition) is 6. The van der Waals surface area contributed by atoms with Gasteiger partial charge in [-0.15, -0.1) is 4.73 Å². The number of amides is 2. The lowest BCUT2D eigenvalue weighted by atomic mass is 10.0. The van der Waals surface area contributed by atoms with E-state index in [0.717, 1.165) is 50.7 Å². The number of nitrogens with one attached hydrogen (secondary N) is 2. The van der Waals surface area contributed by atoms with Crippen LogP contribution in [-0.2, 0) is 33.4 Å². The first-order chi connectivity index (χ1) is 23.1. The van der Waals surface area contributed by atoms with E-state index in [0.29, 0.717) is 11.2 Å². The highest BCUT2D eigenvalue weighted by Crippen LogP contribution is 2.18. The number of unbranched alkanes of at least 4 members (excludes halogenated alkanes) is 13. The summed E-state index contributed by atoms with van der Waals surface area (Å²) in [5.41, 5.74) is 0. The molecule has 1 rings (SSSR count). The Hall–Kier alpha value is -3.85. The molecule has 0 spiro atoms. The van der Waals surface area contributed by atoms with Crippen LogP contribution in [0.3, 0.4) is 0 Å². The van der Waals surface area contributed by atoms with Crippen LogP contribution in [0.25, 0.3) is 0 Å². The number of hydrogen-bond acceptors (Lipinski definition) is 10. The van der Waals surface area contributed by atoms with Gasteiger partial charge in [0.15, 0.2) is 0 Å². The van der Waals surface area contributed by atoms with E-state index in [1.54, 1.807) is 0 Å². The Balaban J connectivity index is 1.97. The van der Waals surface area contributed by atoms with Crippen molar-refractivity contribution in [3.63, 3.8) is 0 Å². The van der Waals surface area contributed by atoms with E-state index in [4.69, 9.17) is 19.4 Å². The Morgan fingerprint density at radius 2 is 1.15 bits per heavy atom. The van der Waals surface area contributed by atoms with Gasteiger partial charge in [-0.05, 0) is 19.3 Å². The molecule has 0 bridgehead atoms. The molecule has 0 fully saturated rings. The van der Waals surface area contributed by atoms with Gasteiger partial charge >= 0.3 is 17.9 Å². The van der Waals surface area contributed by atoms with Crippen molar-refractivity contribution < 1.29 is 58.7 Å². The van der Waals surface area contributed by atoms with Crippen molar-refractivity contribution in [2.24, 2.45) is 0 Å². The molecule has 0 saturated heterocycles. The monoisotopic (exact) mass is 685 g/mol. The van der Waals surface area contributed by atoms with E-state index < -0.39 is 42.3 Å². The summed E-state index contributed by atoms with van der Waals surface area (Å²) in [5.74, 6) is -4.36. The number of rotatable bonds is 31. The van der Waals surface area contributed by atoms with Crippen molar-refractivity contribution in [2.45, 2.75) is 122 Å². The van der Waals surface area contributed by atoms with Crippen LogP contribution in [0.15, 0.2) is 12.1 Å². The van der Waals surface area contributed by atoms with E-state index in [-0.39, 0.29) is 63.9 Å². The molecule has 1 aromatic rings. The zero-order valence-electron chi connectivity index (χ0n) is 28.0. The Morgan fingerprint density at radius 1 is 0.646 bits per heavy atom. The van der Waals surface area contributed by atoms with Crippen LogP contribution in [0.1, 0.15) is 116 Å². The second kappa shape index (κ2) is 27.1. The average Bonchev–Trinajstić information content (AvgIpc) is 3.35. The second-order valence-electron chi connectivity index (χ2n) is 11.7. The zero-order valence-corrected chi connectivity index (χ0v) is 28.0. The van der Waals surface area contributed by atoms with Crippen LogP contribution >= 0.6 is 0 Å². The number of aromatic hydroxyl groups is 2. The third kappa shape index (κ3) is 22.6. The zero-order chi connectivity index (χ0) is 35.4. The van der Waals surface area contributed by atoms with E-state index >= 15 is 0 Å². The predicted octanol–water partition coefficient (Wildman–Crippen LogP) is 3.68. The Morgan fingerprint density at radius 3 is 1.67 bits per heavy atom. The third-order valence-electron chi connectivity index (χ3n) is 7.49. The largest absolute Gasteiger partial charge is 0.492 e. The topological polar surface area (TPSA) is 223 Å². The molecule has 15 heteroatoms. The highest BCUT2D eigenvalue weighted by atomic mass is 16.7. The lowest BCUT2D eigenvalue weighted by Crippen LogP contribution is -2.41. The van der Waals surface area contributed by atoms with E-state index in [9.17, 15) is 39.3 Å². The minimum atomic E-state index is -1.19. The molecule has 0 aliphatic carbocycles. The third-order valence-corrected chi connectivity index (χ3v) is 7.49. The average molecular weight is 686 g/mol. The molecule has 0 aliphatic heterocycles. The summed E-state index contributed by atoms with van der Waals surface area (Å²) in [6.07, 6.45) is 15.4. The maximum Gasteiger partial charge on any atom is 0.358 e. The van der Waals surface area contributed by atoms with Crippen LogP contribution in [0.5, 0.6) is 11.8 Å². The van der Waals surface area contributed by atoms with Gasteiger partial charge in [-0.25, -0.2) is 9.59 Å². The molecule has 0 aromatic carbocycles. The molecule has 0 aliphatic rings. The van der Waals surface area contributed by atoms with Gasteiger partial charge in [-0.2, -0.15) is 0 Å². The van der Waals surface area contributed by atoms with Crippen LogP contribution in [-0.4, -0.2) is 93.9 Å². The van der Waals surface area contributed by atoms with Gasteiger partial charge in [-0.3, -0.25) is 14.4 Å². The van der Waals surface area contributed by atoms with E-state index in [2.05, 4.69) is 10.6 Å². The Bertz CT molecular complexity index is 1060. The molecule has 274 valence electrons. The molecular weight excluding hydrogens is 630 g/mol. The van der Waals surface area contributed by atoms with Crippen molar-refractivity contribution in [3.8, 4) is 11.8 Å². The van der Waals surface area contributed by atoms with Crippen molar-refractivity contribution >= 4 is 29.7 Å². The maximum absolute atomic E-state index is 12.2. The number of carbonyl (C=O) groups excluding carboxylic acids is 3. The first kappa shape index (κ1) is 42.2. The normalized spacial score (nSPS) is 11.6. The molecule has 0 saturated carbocycles. The molecular formula is C33H55N3O12. The molecule has 6 N–H and O–H groups in total. The summed E-state index contributed by atoms with van der Waals surface area (Å²) in [6, 6.07) is 1.15. The molecule has 1 aromatic heterocycles. The second-order valence-corrected chi connectivity index (χ2v) is 11.7. The lowest BCUT2D eigenvalue weighted by molar-refractivity contribution is -0.151. The quantitative estimate of drug-likeness (QED) is 0.0616. The SMILES string of the molecule is O=C(O)CCCCCCCCCCCCCCCCC(=O)NC(CCC(=O)NCCOCCOCC(=O)On1c(O)ccc1O)C(=O)O. The number of carboxylic acid groups (broad SMARTS) is 2. The molecule has 48 heavy (non-hydrogen) atoms. The van der Waals surface area contributed by atoms with Gasteiger partial charge in [0, 0.05) is 37.9 Å². The van der Waals surface area contributed by atoms with Crippen molar-refractivity contribution in [1.82, 2.24) is 15.4 Å². The number of aliphatic carboxylic acids is 2. The summed E-state index contributed by atoms with van der Waals surface area (Å²) >= 11 is 0. The van der Waals surface area contributed by atoms with E-state index in [1.807, 2.05) is 0 Å². The smallest absolute Gasteiger partial charge is 0.358 e. The van der Waals surface area contributed by atoms with Crippen molar-refractivity contribution in [3.05, 3.63) is 12.1 Å². The van der Waals surface area contributed by atoms with Crippen LogP contribution in [0.4, 0.5) is 0 Å². The molecule has 1 heterocycles. The van der Waals surface area contributed by atoms with Crippen molar-refractivity contribution in [2.75, 3.05) is 33.0 Å². The van der Waals surface area contributed by atoms with Crippen LogP contribution in [0, 0.1) is 0 Å². The number of carboxylic acids is 2. The number of ether oxygens (including phenoxy) is 2. The number of carbonyl (C=O) groups is 5. The predicted molar refractivity (Wildman–Crippen MR) is 174 cm³/mol. The summed E-state index contributed by atoms with van der Waals surface area (Å²) in [6.45, 7) is 0.0649. The van der Waals surface area contributed by atoms with Gasteiger partial charge in [0.25, 0.3) is 0 Å². The van der Waals surface area contributed by atoms with Crippen molar-refractivity contribution in [1.29, 1.82) is 0 Å². The molecule has 1 atom stereocenters. The first-order valence-corrected chi connectivity index (χ1v) is 17.1. The fraction of sp³-hybridized carbons (Fsp3) is 0.727. The Kier molecular flexibility index (Phi) is 23.8. The molecule has 15 nitrogen and oxygen atoms in total. The van der Waals surface area contributed by atoms with Gasteiger partial charge in [0.1, 0.15) is 12.6 Å². The summed E-state index contributed by atoms with van der Waals surface area (Å²) in [7, 11) is 0. The van der Waals surface area contributed by atoms with Crippen LogP contribution in [0.2, 0.25) is 0 Å². The number of nitrogens with zero attached hydrogens (tertiary/aromatic N) is 1. The Labute approximate surface area is 282 Å². The van der Waals surface area contributed by atoms with Gasteiger partial charge in [0.2, 0.25) is 23.6 Å². The fourth-order valence-corrected chi connectivity index (χ4v) is 4.83. The van der Waals surface area contributed by atoms with Gasteiger partial charge in [0.05, 0.1) is 19.8 Å². The highest BCUT2D eigenvalue weighted by molar-refractivity contribution is 5.84. The minimum absolute atomic E-state index is 0.0386. The standard InChI is InChI=1S/C33H55N3O12/c37-27(34-21-22-46-23-24-47-25-32(43)48-36-29(39)19-20-30(36)40)18-17-26(33(44)45)35-28(38)15-13-11-9-7-5-3-1-2-4-6-8-10-12-14-16-31(41)42/h19-20,26,39-40H,1-18,21-25H2,(H,34,37)(H,35,38)(H,41,42)(H,44,45). The summed E-state index contributed by atoms with van der Waals surface area (Å²) < 4.78 is 10.9. The van der Waals surface area contributed by atoms with Crippen LogP contribution < -0.4 is 15.5 Å². The highest BCUT2D eigenvalue weighted by Gasteiger charge is 2.20. The van der Waals surface area contributed by atoms with Gasteiger partial charge < -0.3 is 45.4 Å².